The SMILES string of the molecule is COCC(Nc1nccc(C(N)=O)n1)c1ccccc1C#C[C@@]1(O)C(=O)N(C)CC1F. The number of rotatable bonds is 6. The number of benzene rings is 1. The number of alkyl halides is 1. The predicted molar refractivity (Wildman–Crippen MR) is 110 cm³/mol. The minimum absolute atomic E-state index is 0.0434. The number of carbonyl (C=O) groups is 2. The predicted octanol–water partition coefficient (Wildman–Crippen LogP) is 0.268. The second-order valence-electron chi connectivity index (χ2n) is 7.04. The Bertz CT molecular complexity index is 1050. The van der Waals surface area contributed by atoms with Gasteiger partial charge in [0, 0.05) is 25.9 Å². The Kier molecular flexibility index (Phi) is 6.48. The number of halogens is 1. The number of carbonyl (C=O) groups excluding carboxylic acids is 2. The molecule has 31 heavy (non-hydrogen) atoms. The van der Waals surface area contributed by atoms with Gasteiger partial charge >= 0.3 is 0 Å². The molecule has 10 heteroatoms. The maximum Gasteiger partial charge on any atom is 0.270 e. The van der Waals surface area contributed by atoms with Gasteiger partial charge in [0.05, 0.1) is 19.2 Å². The number of likely N-dealkylation sites (N-methyl/N-ethyl adjacent to an activating group) is 1. The lowest BCUT2D eigenvalue weighted by Crippen LogP contribution is -2.42. The highest BCUT2D eigenvalue weighted by Crippen LogP contribution is 2.26. The molecule has 9 nitrogen and oxygen atoms in total. The Morgan fingerprint density at radius 1 is 1.48 bits per heavy atom. The van der Waals surface area contributed by atoms with Gasteiger partial charge in [-0.1, -0.05) is 24.1 Å². The van der Waals surface area contributed by atoms with E-state index in [0.29, 0.717) is 11.1 Å². The number of nitrogens with two attached hydrogens (primary N) is 1. The summed E-state index contributed by atoms with van der Waals surface area (Å²) in [6.45, 7) is -0.0480. The summed E-state index contributed by atoms with van der Waals surface area (Å²) in [6.07, 6.45) is -0.424. The number of hydrogen-bond donors (Lipinski definition) is 3. The van der Waals surface area contributed by atoms with Crippen LogP contribution in [0.2, 0.25) is 0 Å². The van der Waals surface area contributed by atoms with E-state index < -0.39 is 29.6 Å². The highest BCUT2D eigenvalue weighted by Gasteiger charge is 2.52. The van der Waals surface area contributed by atoms with Gasteiger partial charge < -0.3 is 25.8 Å². The van der Waals surface area contributed by atoms with Crippen LogP contribution in [0, 0.1) is 11.8 Å². The first-order chi connectivity index (χ1) is 14.8. The zero-order chi connectivity index (χ0) is 22.6. The van der Waals surface area contributed by atoms with Crippen molar-refractivity contribution in [1.29, 1.82) is 0 Å². The fourth-order valence-corrected chi connectivity index (χ4v) is 3.19. The lowest BCUT2D eigenvalue weighted by atomic mass is 9.97. The van der Waals surface area contributed by atoms with Crippen molar-refractivity contribution >= 4 is 17.8 Å². The smallest absolute Gasteiger partial charge is 0.270 e. The molecule has 3 rings (SSSR count). The van der Waals surface area contributed by atoms with Crippen LogP contribution >= 0.6 is 0 Å². The summed E-state index contributed by atoms with van der Waals surface area (Å²) in [7, 11) is 2.91. The van der Waals surface area contributed by atoms with Crippen LogP contribution in [0.15, 0.2) is 36.5 Å². The zero-order valence-corrected chi connectivity index (χ0v) is 17.0. The van der Waals surface area contributed by atoms with E-state index >= 15 is 0 Å². The van der Waals surface area contributed by atoms with E-state index in [1.165, 1.54) is 26.4 Å². The Labute approximate surface area is 178 Å². The molecule has 1 aromatic carbocycles. The van der Waals surface area contributed by atoms with E-state index in [-0.39, 0.29) is 24.8 Å². The van der Waals surface area contributed by atoms with E-state index in [9.17, 15) is 19.1 Å². The minimum Gasteiger partial charge on any atom is -0.382 e. The fraction of sp³-hybridized carbons (Fsp3) is 0.333. The number of amides is 2. The van der Waals surface area contributed by atoms with Gasteiger partial charge in [0.2, 0.25) is 11.5 Å². The summed E-state index contributed by atoms with van der Waals surface area (Å²) in [6, 6.07) is 7.82. The molecule has 1 fully saturated rings. The van der Waals surface area contributed by atoms with Crippen molar-refractivity contribution in [3.63, 3.8) is 0 Å². The number of methoxy groups -OCH3 is 1. The molecule has 2 amide bonds. The van der Waals surface area contributed by atoms with Crippen LogP contribution in [0.3, 0.4) is 0 Å². The first-order valence-electron chi connectivity index (χ1n) is 9.38. The summed E-state index contributed by atoms with van der Waals surface area (Å²) < 4.78 is 19.5. The number of ether oxygens (including phenoxy) is 1. The van der Waals surface area contributed by atoms with E-state index in [0.717, 1.165) is 4.90 Å². The lowest BCUT2D eigenvalue weighted by Gasteiger charge is -2.20. The normalized spacial score (nSPS) is 21.4. The van der Waals surface area contributed by atoms with Crippen LogP contribution in [-0.2, 0) is 9.53 Å². The molecule has 1 saturated heterocycles. The van der Waals surface area contributed by atoms with Gasteiger partial charge in [-0.2, -0.15) is 0 Å². The molecule has 162 valence electrons. The lowest BCUT2D eigenvalue weighted by molar-refractivity contribution is -0.139. The van der Waals surface area contributed by atoms with Gasteiger partial charge in [-0.25, -0.2) is 14.4 Å². The second-order valence-corrected chi connectivity index (χ2v) is 7.04. The zero-order valence-electron chi connectivity index (χ0n) is 17.0. The number of primary amides is 1. The number of hydrogen-bond acceptors (Lipinski definition) is 7. The molecule has 0 spiro atoms. The van der Waals surface area contributed by atoms with E-state index in [1.807, 2.05) is 0 Å². The average molecular weight is 427 g/mol. The number of nitrogens with one attached hydrogen (secondary N) is 1. The number of likely N-dealkylation sites (tertiary alicyclic amines) is 1. The van der Waals surface area contributed by atoms with Crippen LogP contribution in [0.25, 0.3) is 0 Å². The van der Waals surface area contributed by atoms with Gasteiger partial charge in [0.25, 0.3) is 11.8 Å². The molecule has 3 atom stereocenters. The van der Waals surface area contributed by atoms with Crippen molar-refractivity contribution in [2.45, 2.75) is 17.8 Å². The number of anilines is 1. The van der Waals surface area contributed by atoms with E-state index in [1.54, 1.807) is 24.3 Å². The van der Waals surface area contributed by atoms with Crippen LogP contribution in [0.4, 0.5) is 10.3 Å². The molecule has 0 saturated carbocycles. The minimum atomic E-state index is -2.40. The van der Waals surface area contributed by atoms with Gasteiger partial charge in [0.1, 0.15) is 5.69 Å². The number of aromatic nitrogens is 2. The molecule has 0 aliphatic carbocycles. The Morgan fingerprint density at radius 2 is 2.23 bits per heavy atom. The molecule has 1 aromatic heterocycles. The maximum atomic E-state index is 14.2. The molecule has 2 heterocycles. The van der Waals surface area contributed by atoms with Crippen molar-refractivity contribution < 1.29 is 23.8 Å². The molecule has 1 aliphatic rings. The van der Waals surface area contributed by atoms with Crippen molar-refractivity contribution in [2.75, 3.05) is 32.6 Å². The Balaban J connectivity index is 1.94. The van der Waals surface area contributed by atoms with Gasteiger partial charge in [-0.15, -0.1) is 0 Å². The summed E-state index contributed by atoms with van der Waals surface area (Å²) in [5.41, 5.74) is 4.00. The van der Waals surface area contributed by atoms with Gasteiger partial charge in [-0.3, -0.25) is 9.59 Å². The van der Waals surface area contributed by atoms with Crippen molar-refractivity contribution in [3.8, 4) is 11.8 Å². The van der Waals surface area contributed by atoms with Crippen molar-refractivity contribution in [3.05, 3.63) is 53.3 Å². The van der Waals surface area contributed by atoms with Crippen LogP contribution in [-0.4, -0.2) is 70.9 Å². The molecular weight excluding hydrogens is 405 g/mol. The number of aliphatic hydroxyl groups is 1. The summed E-state index contributed by atoms with van der Waals surface area (Å²) in [5.74, 6) is 3.81. The summed E-state index contributed by atoms with van der Waals surface area (Å²) >= 11 is 0. The maximum absolute atomic E-state index is 14.2. The van der Waals surface area contributed by atoms with Crippen LogP contribution in [0.5, 0.6) is 0 Å². The molecule has 2 aromatic rings. The Morgan fingerprint density at radius 3 is 2.87 bits per heavy atom. The van der Waals surface area contributed by atoms with E-state index in [2.05, 4.69) is 27.1 Å². The standard InChI is InChI=1S/C21H22FN5O4/c1-27-11-17(22)21(30,19(27)29)9-7-13-5-3-4-6-14(13)16(12-31-2)26-20-24-10-8-15(25-20)18(23)28/h3-6,8,10,16-17,30H,11-12H2,1-2H3,(H2,23,28)(H,24,25,26)/t16?,17?,21-/m0/s1. The topological polar surface area (TPSA) is 131 Å². The van der Waals surface area contributed by atoms with Gasteiger partial charge in [0.15, 0.2) is 6.17 Å². The third-order valence-corrected chi connectivity index (χ3v) is 4.83. The number of nitrogens with zero attached hydrogens (tertiary/aromatic N) is 3. The summed E-state index contributed by atoms with van der Waals surface area (Å²) in [4.78, 5) is 32.8. The molecule has 4 N–H and O–H groups in total. The highest BCUT2D eigenvalue weighted by atomic mass is 19.1. The van der Waals surface area contributed by atoms with Gasteiger partial charge in [-0.05, 0) is 23.6 Å². The van der Waals surface area contributed by atoms with Crippen molar-refractivity contribution in [2.24, 2.45) is 5.73 Å². The first kappa shape index (κ1) is 22.1. The molecule has 2 unspecified atom stereocenters. The quantitative estimate of drug-likeness (QED) is 0.564. The molecular formula is C21H22FN5O4. The van der Waals surface area contributed by atoms with Crippen LogP contribution < -0.4 is 11.1 Å². The third kappa shape index (κ3) is 4.63. The average Bonchev–Trinajstić information content (AvgIpc) is 2.95. The molecule has 1 aliphatic heterocycles. The monoisotopic (exact) mass is 427 g/mol. The molecule has 0 bridgehead atoms. The summed E-state index contributed by atoms with van der Waals surface area (Å²) in [5, 5.41) is 13.5. The molecule has 0 radical (unpaired) electrons. The fourth-order valence-electron chi connectivity index (χ4n) is 3.19. The second kappa shape index (κ2) is 9.07. The van der Waals surface area contributed by atoms with E-state index in [4.69, 9.17) is 10.5 Å². The largest absolute Gasteiger partial charge is 0.382 e. The first-order valence-corrected chi connectivity index (χ1v) is 9.38. The third-order valence-electron chi connectivity index (χ3n) is 4.83. The Hall–Kier alpha value is -3.55. The highest BCUT2D eigenvalue weighted by molar-refractivity contribution is 5.92. The van der Waals surface area contributed by atoms with Crippen molar-refractivity contribution in [1.82, 2.24) is 14.9 Å². The van der Waals surface area contributed by atoms with Crippen LogP contribution in [0.1, 0.15) is 27.7 Å².